The van der Waals surface area contributed by atoms with Gasteiger partial charge in [-0.3, -0.25) is 10.4 Å². The van der Waals surface area contributed by atoms with Crippen LogP contribution in [-0.2, 0) is 0 Å². The third kappa shape index (κ3) is 4.07. The summed E-state index contributed by atoms with van der Waals surface area (Å²) in [6.45, 7) is 0.694. The molecule has 0 heterocycles. The number of rotatable bonds is 3. The summed E-state index contributed by atoms with van der Waals surface area (Å²) in [6, 6.07) is 0. The van der Waals surface area contributed by atoms with Crippen LogP contribution < -0.4 is 5.43 Å². The van der Waals surface area contributed by atoms with E-state index >= 15 is 0 Å². The van der Waals surface area contributed by atoms with E-state index in [1.54, 1.807) is 0 Å². The molecule has 0 bridgehead atoms. The molecule has 0 radical (unpaired) electrons. The lowest BCUT2D eigenvalue weighted by Gasteiger charge is -2.28. The molecule has 1 aliphatic carbocycles. The lowest BCUT2D eigenvalue weighted by molar-refractivity contribution is 0.0106. The maximum Gasteiger partial charge on any atom is 0.0785 e. The van der Waals surface area contributed by atoms with Crippen LogP contribution >= 0.6 is 0 Å². The zero-order valence-electron chi connectivity index (χ0n) is 8.84. The number of hydrazine groups is 1. The monoisotopic (exact) mass is 186 g/mol. The molecule has 0 aromatic heterocycles. The molecule has 1 rings (SSSR count). The Labute approximate surface area is 81.1 Å². The van der Waals surface area contributed by atoms with Crippen LogP contribution in [0.25, 0.3) is 0 Å². The van der Waals surface area contributed by atoms with Crippen molar-refractivity contribution in [1.82, 2.24) is 10.4 Å². The Kier molecular flexibility index (Phi) is 4.16. The fourth-order valence-electron chi connectivity index (χ4n) is 1.87. The highest BCUT2D eigenvalue weighted by molar-refractivity contribution is 4.82. The van der Waals surface area contributed by atoms with Crippen LogP contribution in [0.2, 0.25) is 0 Å². The molecule has 0 aliphatic heterocycles. The van der Waals surface area contributed by atoms with E-state index in [-0.39, 0.29) is 0 Å². The molecule has 1 aliphatic rings. The van der Waals surface area contributed by atoms with Crippen LogP contribution in [0.3, 0.4) is 0 Å². The van der Waals surface area contributed by atoms with Crippen LogP contribution in [0.4, 0.5) is 0 Å². The smallest absolute Gasteiger partial charge is 0.0785 e. The van der Waals surface area contributed by atoms with Crippen molar-refractivity contribution in [3.8, 4) is 0 Å². The molecule has 0 saturated heterocycles. The molecule has 0 amide bonds. The molecule has 0 atom stereocenters. The normalized spacial score (nSPS) is 23.1. The Balaban J connectivity index is 2.33. The van der Waals surface area contributed by atoms with E-state index in [0.717, 1.165) is 12.8 Å². The fourth-order valence-corrected chi connectivity index (χ4v) is 1.87. The molecular weight excluding hydrogens is 164 g/mol. The second-order valence-corrected chi connectivity index (χ2v) is 4.37. The maximum atomic E-state index is 10.2. The van der Waals surface area contributed by atoms with Gasteiger partial charge in [-0.2, -0.15) is 0 Å². The lowest BCUT2D eigenvalue weighted by Crippen LogP contribution is -2.45. The predicted molar refractivity (Wildman–Crippen MR) is 54.3 cm³/mol. The Morgan fingerprint density at radius 2 is 1.69 bits per heavy atom. The summed E-state index contributed by atoms with van der Waals surface area (Å²) < 4.78 is 0. The largest absolute Gasteiger partial charge is 0.389 e. The van der Waals surface area contributed by atoms with Gasteiger partial charge in [-0.25, -0.2) is 0 Å². The number of hydrogen-bond donors (Lipinski definition) is 2. The molecule has 0 unspecified atom stereocenters. The van der Waals surface area contributed by atoms with Gasteiger partial charge in [-0.15, -0.1) is 0 Å². The van der Waals surface area contributed by atoms with Gasteiger partial charge >= 0.3 is 0 Å². The van der Waals surface area contributed by atoms with Crippen molar-refractivity contribution in [2.24, 2.45) is 0 Å². The molecule has 0 spiro atoms. The number of aliphatic hydroxyl groups is 1. The van der Waals surface area contributed by atoms with Gasteiger partial charge in [0.05, 0.1) is 5.60 Å². The van der Waals surface area contributed by atoms with Crippen molar-refractivity contribution in [3.63, 3.8) is 0 Å². The summed E-state index contributed by atoms with van der Waals surface area (Å²) in [5.41, 5.74) is 2.71. The number of nitrogens with zero attached hydrogens (tertiary/aromatic N) is 1. The van der Waals surface area contributed by atoms with E-state index in [1.165, 1.54) is 25.7 Å². The predicted octanol–water partition coefficient (Wildman–Crippen LogP) is 1.14. The van der Waals surface area contributed by atoms with Gasteiger partial charge in [0.1, 0.15) is 0 Å². The number of nitrogens with one attached hydrogen (secondary N) is 1. The Hall–Kier alpha value is -0.120. The van der Waals surface area contributed by atoms with Gasteiger partial charge in [0, 0.05) is 20.6 Å². The molecule has 1 fully saturated rings. The van der Waals surface area contributed by atoms with Gasteiger partial charge in [0.25, 0.3) is 0 Å². The molecule has 0 aromatic rings. The molecule has 3 nitrogen and oxygen atoms in total. The van der Waals surface area contributed by atoms with Crippen molar-refractivity contribution in [2.45, 2.75) is 44.1 Å². The highest BCUT2D eigenvalue weighted by atomic mass is 16.3. The van der Waals surface area contributed by atoms with Crippen molar-refractivity contribution in [2.75, 3.05) is 20.6 Å². The van der Waals surface area contributed by atoms with Gasteiger partial charge < -0.3 is 5.11 Å². The third-order valence-electron chi connectivity index (χ3n) is 2.76. The zero-order chi connectivity index (χ0) is 9.73. The van der Waals surface area contributed by atoms with Crippen LogP contribution in [0.5, 0.6) is 0 Å². The summed E-state index contributed by atoms with van der Waals surface area (Å²) in [4.78, 5) is 0. The first kappa shape index (κ1) is 11.0. The molecule has 78 valence electrons. The highest BCUT2D eigenvalue weighted by Crippen LogP contribution is 2.26. The Morgan fingerprint density at radius 3 is 2.15 bits per heavy atom. The zero-order valence-corrected chi connectivity index (χ0v) is 8.84. The Bertz CT molecular complexity index is 140. The number of hydrogen-bond acceptors (Lipinski definition) is 3. The van der Waals surface area contributed by atoms with Crippen LogP contribution in [0.15, 0.2) is 0 Å². The van der Waals surface area contributed by atoms with Crippen LogP contribution in [0.1, 0.15) is 38.5 Å². The van der Waals surface area contributed by atoms with Crippen molar-refractivity contribution in [3.05, 3.63) is 0 Å². The van der Waals surface area contributed by atoms with E-state index < -0.39 is 5.60 Å². The second kappa shape index (κ2) is 4.94. The molecule has 13 heavy (non-hydrogen) atoms. The van der Waals surface area contributed by atoms with Crippen LogP contribution in [-0.4, -0.2) is 36.4 Å². The molecule has 0 aromatic carbocycles. The second-order valence-electron chi connectivity index (χ2n) is 4.37. The minimum Gasteiger partial charge on any atom is -0.389 e. The minimum absolute atomic E-state index is 0.458. The third-order valence-corrected chi connectivity index (χ3v) is 2.76. The van der Waals surface area contributed by atoms with Gasteiger partial charge in [-0.05, 0) is 12.8 Å². The quantitative estimate of drug-likeness (QED) is 0.512. The first-order valence-corrected chi connectivity index (χ1v) is 5.26. The summed E-state index contributed by atoms with van der Waals surface area (Å²) in [5, 5.41) is 12.1. The van der Waals surface area contributed by atoms with Crippen molar-refractivity contribution < 1.29 is 5.11 Å². The van der Waals surface area contributed by atoms with E-state index in [2.05, 4.69) is 5.43 Å². The molecule has 2 N–H and O–H groups in total. The first-order chi connectivity index (χ1) is 6.12. The topological polar surface area (TPSA) is 35.5 Å². The highest BCUT2D eigenvalue weighted by Gasteiger charge is 2.27. The maximum absolute atomic E-state index is 10.2. The Morgan fingerprint density at radius 1 is 1.15 bits per heavy atom. The van der Waals surface area contributed by atoms with Crippen molar-refractivity contribution >= 4 is 0 Å². The summed E-state index contributed by atoms with van der Waals surface area (Å²) in [6.07, 6.45) is 6.81. The van der Waals surface area contributed by atoms with E-state index in [0.29, 0.717) is 6.54 Å². The molecular formula is C10H22N2O. The van der Waals surface area contributed by atoms with Crippen LogP contribution in [0, 0.1) is 0 Å². The summed E-state index contributed by atoms with van der Waals surface area (Å²) in [5.74, 6) is 0. The molecule has 1 saturated carbocycles. The van der Waals surface area contributed by atoms with Gasteiger partial charge in [-0.1, -0.05) is 25.7 Å². The minimum atomic E-state index is -0.458. The van der Waals surface area contributed by atoms with Gasteiger partial charge in [0.15, 0.2) is 0 Å². The van der Waals surface area contributed by atoms with E-state index in [4.69, 9.17) is 0 Å². The SMILES string of the molecule is CN(C)NCC1(O)CCCCCC1. The van der Waals surface area contributed by atoms with Crippen molar-refractivity contribution in [1.29, 1.82) is 0 Å². The fraction of sp³-hybridized carbons (Fsp3) is 1.00. The van der Waals surface area contributed by atoms with E-state index in [1.807, 2.05) is 19.1 Å². The lowest BCUT2D eigenvalue weighted by atomic mass is 9.95. The standard InChI is InChI=1S/C10H22N2O/c1-12(2)11-9-10(13)7-5-3-4-6-8-10/h11,13H,3-9H2,1-2H3. The van der Waals surface area contributed by atoms with Gasteiger partial charge in [0.2, 0.25) is 0 Å². The average Bonchev–Trinajstić information content (AvgIpc) is 2.28. The first-order valence-electron chi connectivity index (χ1n) is 5.26. The molecule has 3 heteroatoms. The summed E-state index contributed by atoms with van der Waals surface area (Å²) >= 11 is 0. The summed E-state index contributed by atoms with van der Waals surface area (Å²) in [7, 11) is 3.92. The van der Waals surface area contributed by atoms with E-state index in [9.17, 15) is 5.11 Å². The average molecular weight is 186 g/mol.